The fourth-order valence-corrected chi connectivity index (χ4v) is 3.11. The number of carbonyl (C=O) groups excluding carboxylic acids is 2. The lowest BCUT2D eigenvalue weighted by atomic mass is 9.82. The van der Waals surface area contributed by atoms with Crippen LogP contribution in [-0.4, -0.2) is 31.6 Å². The highest BCUT2D eigenvalue weighted by Crippen LogP contribution is 2.27. The Morgan fingerprint density at radius 2 is 2.00 bits per heavy atom. The number of hydrogen-bond acceptors (Lipinski definition) is 6. The van der Waals surface area contributed by atoms with Crippen molar-refractivity contribution in [1.82, 2.24) is 19.7 Å². The number of amides is 1. The lowest BCUT2D eigenvalue weighted by molar-refractivity contribution is -0.313. The smallest absolute Gasteiger partial charge is 0.252 e. The number of carboxylic acid groups (broad SMARTS) is 1. The van der Waals surface area contributed by atoms with Gasteiger partial charge in [-0.25, -0.2) is 4.98 Å². The van der Waals surface area contributed by atoms with Crippen molar-refractivity contribution in [3.8, 4) is 5.95 Å². The summed E-state index contributed by atoms with van der Waals surface area (Å²) in [5, 5.41) is 18.3. The molecular weight excluding hydrogens is 350 g/mol. The lowest BCUT2D eigenvalue weighted by Gasteiger charge is -2.28. The highest BCUT2D eigenvalue weighted by molar-refractivity contribution is 5.94. The van der Waals surface area contributed by atoms with Gasteiger partial charge in [-0.1, -0.05) is 19.1 Å². The van der Waals surface area contributed by atoms with Crippen LogP contribution in [0, 0.1) is 18.8 Å². The standard InChI is InChI=1S/C18H21N5O4/c1-3-11-9-15(24)21-18(19-11)23-14(8-10(2)22-23)20-16(25)12-6-4-5-7-13(12)17(26)27/h4-5,8-9,12-13H,3,6-7H2,1-2H3,(H,20,25)(H,26,27)(H,19,21,24)/p-1/t12-,13+/m0/s1. The maximum atomic E-state index is 12.7. The van der Waals surface area contributed by atoms with Crippen molar-refractivity contribution >= 4 is 17.7 Å². The molecule has 0 saturated heterocycles. The number of anilines is 1. The van der Waals surface area contributed by atoms with Crippen molar-refractivity contribution in [2.75, 3.05) is 5.32 Å². The molecule has 0 saturated carbocycles. The molecule has 0 spiro atoms. The zero-order valence-electron chi connectivity index (χ0n) is 15.1. The molecule has 1 amide bonds. The van der Waals surface area contributed by atoms with Crippen molar-refractivity contribution in [3.05, 3.63) is 46.0 Å². The fourth-order valence-electron chi connectivity index (χ4n) is 3.11. The number of carboxylic acids is 1. The summed E-state index contributed by atoms with van der Waals surface area (Å²) in [5.41, 5.74) is 0.875. The van der Waals surface area contributed by atoms with Crippen LogP contribution in [0.5, 0.6) is 0 Å². The Kier molecular flexibility index (Phi) is 5.20. The summed E-state index contributed by atoms with van der Waals surface area (Å²) >= 11 is 0. The first-order chi connectivity index (χ1) is 12.9. The topological polar surface area (TPSA) is 133 Å². The highest BCUT2D eigenvalue weighted by Gasteiger charge is 2.30. The van der Waals surface area contributed by atoms with Crippen LogP contribution < -0.4 is 16.0 Å². The summed E-state index contributed by atoms with van der Waals surface area (Å²) in [6, 6.07) is 3.03. The van der Waals surface area contributed by atoms with Crippen molar-refractivity contribution in [2.45, 2.75) is 33.1 Å². The lowest BCUT2D eigenvalue weighted by Crippen LogP contribution is -2.41. The molecule has 2 N–H and O–H groups in total. The first-order valence-corrected chi connectivity index (χ1v) is 8.73. The maximum Gasteiger partial charge on any atom is 0.252 e. The van der Waals surface area contributed by atoms with Gasteiger partial charge in [0.2, 0.25) is 11.9 Å². The van der Waals surface area contributed by atoms with Crippen molar-refractivity contribution in [3.63, 3.8) is 0 Å². The Morgan fingerprint density at radius 1 is 1.30 bits per heavy atom. The van der Waals surface area contributed by atoms with E-state index in [0.717, 1.165) is 0 Å². The molecule has 0 fully saturated rings. The van der Waals surface area contributed by atoms with E-state index in [4.69, 9.17) is 0 Å². The summed E-state index contributed by atoms with van der Waals surface area (Å²) in [6.07, 6.45) is 4.67. The van der Waals surface area contributed by atoms with Crippen LogP contribution in [0.2, 0.25) is 0 Å². The number of hydrogen-bond donors (Lipinski definition) is 2. The van der Waals surface area contributed by atoms with Crippen LogP contribution in [0.4, 0.5) is 5.82 Å². The number of carbonyl (C=O) groups is 2. The summed E-state index contributed by atoms with van der Waals surface area (Å²) in [7, 11) is 0. The minimum Gasteiger partial charge on any atom is -0.550 e. The monoisotopic (exact) mass is 370 g/mol. The van der Waals surface area contributed by atoms with Crippen molar-refractivity contribution < 1.29 is 14.7 Å². The van der Waals surface area contributed by atoms with Crippen LogP contribution in [0.1, 0.15) is 31.2 Å². The molecule has 0 radical (unpaired) electrons. The first kappa shape index (κ1) is 18.6. The minimum absolute atomic E-state index is 0.183. The van der Waals surface area contributed by atoms with E-state index in [-0.39, 0.29) is 17.9 Å². The van der Waals surface area contributed by atoms with E-state index >= 15 is 0 Å². The normalized spacial score (nSPS) is 19.0. The van der Waals surface area contributed by atoms with E-state index in [9.17, 15) is 19.5 Å². The third-order valence-corrected chi connectivity index (χ3v) is 4.50. The van der Waals surface area contributed by atoms with Gasteiger partial charge >= 0.3 is 0 Å². The van der Waals surface area contributed by atoms with E-state index in [1.807, 2.05) is 6.92 Å². The number of aromatic amines is 1. The molecule has 0 aromatic carbocycles. The molecule has 2 heterocycles. The molecule has 3 rings (SSSR count). The van der Waals surface area contributed by atoms with E-state index in [1.54, 1.807) is 25.1 Å². The molecule has 27 heavy (non-hydrogen) atoms. The van der Waals surface area contributed by atoms with Gasteiger partial charge in [0, 0.05) is 29.7 Å². The second kappa shape index (κ2) is 7.56. The van der Waals surface area contributed by atoms with E-state index < -0.39 is 23.7 Å². The fraction of sp³-hybridized carbons (Fsp3) is 0.389. The van der Waals surface area contributed by atoms with Gasteiger partial charge in [0.15, 0.2) is 0 Å². The van der Waals surface area contributed by atoms with Gasteiger partial charge in [0.05, 0.1) is 11.6 Å². The predicted octanol–water partition coefficient (Wildman–Crippen LogP) is 0.0972. The van der Waals surface area contributed by atoms with E-state index in [0.29, 0.717) is 30.0 Å². The van der Waals surface area contributed by atoms with E-state index in [1.165, 1.54) is 10.7 Å². The van der Waals surface area contributed by atoms with Gasteiger partial charge in [-0.3, -0.25) is 14.6 Å². The van der Waals surface area contributed by atoms with Gasteiger partial charge in [0.25, 0.3) is 5.56 Å². The zero-order valence-corrected chi connectivity index (χ0v) is 15.1. The molecule has 2 aromatic heterocycles. The summed E-state index contributed by atoms with van der Waals surface area (Å²) in [5.74, 6) is -2.82. The quantitative estimate of drug-likeness (QED) is 0.717. The molecule has 2 atom stereocenters. The second-order valence-corrected chi connectivity index (χ2v) is 6.46. The second-order valence-electron chi connectivity index (χ2n) is 6.46. The Labute approximate surface area is 155 Å². The molecule has 1 aliphatic carbocycles. The number of H-pyrrole nitrogens is 1. The molecule has 2 aromatic rings. The summed E-state index contributed by atoms with van der Waals surface area (Å²) < 4.78 is 1.33. The van der Waals surface area contributed by atoms with Gasteiger partial charge in [-0.15, -0.1) is 0 Å². The Bertz CT molecular complexity index is 959. The third kappa shape index (κ3) is 3.97. The average molecular weight is 370 g/mol. The maximum absolute atomic E-state index is 12.7. The van der Waals surface area contributed by atoms with Crippen LogP contribution in [-0.2, 0) is 16.0 Å². The van der Waals surface area contributed by atoms with Crippen LogP contribution in [0.3, 0.4) is 0 Å². The number of rotatable bonds is 5. The summed E-state index contributed by atoms with van der Waals surface area (Å²) in [6.45, 7) is 3.61. The first-order valence-electron chi connectivity index (χ1n) is 8.73. The third-order valence-electron chi connectivity index (χ3n) is 4.50. The van der Waals surface area contributed by atoms with Crippen LogP contribution in [0.15, 0.2) is 29.1 Å². The van der Waals surface area contributed by atoms with Crippen molar-refractivity contribution in [1.29, 1.82) is 0 Å². The molecule has 0 bridgehead atoms. The van der Waals surface area contributed by atoms with Gasteiger partial charge in [0.1, 0.15) is 5.82 Å². The highest BCUT2D eigenvalue weighted by atomic mass is 16.4. The minimum atomic E-state index is -1.24. The van der Waals surface area contributed by atoms with Gasteiger partial charge in [-0.05, 0) is 26.2 Å². The summed E-state index contributed by atoms with van der Waals surface area (Å²) in [4.78, 5) is 42.8. The van der Waals surface area contributed by atoms with Crippen LogP contribution in [0.25, 0.3) is 5.95 Å². The molecule has 0 unspecified atom stereocenters. The Balaban J connectivity index is 1.91. The van der Waals surface area contributed by atoms with Gasteiger partial charge < -0.3 is 15.2 Å². The SMILES string of the molecule is CCc1cc(=O)[nH]c(-n2nc(C)cc2NC(=O)[C@H]2CC=CC[C@H]2C(=O)[O-])n1. The Morgan fingerprint density at radius 3 is 2.67 bits per heavy atom. The Hall–Kier alpha value is -3.23. The largest absolute Gasteiger partial charge is 0.550 e. The number of aryl methyl sites for hydroxylation is 2. The molecule has 1 aliphatic rings. The molecule has 142 valence electrons. The number of nitrogens with one attached hydrogen (secondary N) is 2. The number of allylic oxidation sites excluding steroid dienone is 2. The average Bonchev–Trinajstić information content (AvgIpc) is 3.01. The molecule has 9 nitrogen and oxygen atoms in total. The van der Waals surface area contributed by atoms with Crippen LogP contribution >= 0.6 is 0 Å². The number of aromatic nitrogens is 4. The molecular formula is C18H20N5O4-. The predicted molar refractivity (Wildman–Crippen MR) is 95.1 cm³/mol. The number of nitrogens with zero attached hydrogens (tertiary/aromatic N) is 3. The molecule has 0 aliphatic heterocycles. The zero-order chi connectivity index (χ0) is 19.6. The van der Waals surface area contributed by atoms with Gasteiger partial charge in [-0.2, -0.15) is 9.78 Å². The van der Waals surface area contributed by atoms with Crippen molar-refractivity contribution in [2.24, 2.45) is 11.8 Å². The number of aliphatic carboxylic acids is 1. The van der Waals surface area contributed by atoms with E-state index in [2.05, 4.69) is 20.4 Å². The molecule has 9 heteroatoms.